The Morgan fingerprint density at radius 3 is 2.48 bits per heavy atom. The topological polar surface area (TPSA) is 15.3 Å². The van der Waals surface area contributed by atoms with Gasteiger partial charge in [0.15, 0.2) is 0 Å². The third-order valence-electron chi connectivity index (χ3n) is 5.29. The highest BCUT2D eigenvalue weighted by atomic mass is 15.2. The van der Waals surface area contributed by atoms with Crippen LogP contribution in [-0.4, -0.2) is 36.6 Å². The molecule has 1 saturated carbocycles. The second-order valence-electron chi connectivity index (χ2n) is 7.70. The molecule has 0 amide bonds. The van der Waals surface area contributed by atoms with E-state index in [2.05, 4.69) is 61.3 Å². The van der Waals surface area contributed by atoms with Gasteiger partial charge in [0.05, 0.1) is 0 Å². The first-order valence-electron chi connectivity index (χ1n) is 8.60. The molecule has 3 atom stereocenters. The van der Waals surface area contributed by atoms with Crippen molar-refractivity contribution >= 4 is 0 Å². The molecule has 1 saturated heterocycles. The van der Waals surface area contributed by atoms with Crippen LogP contribution in [0.1, 0.15) is 45.6 Å². The van der Waals surface area contributed by atoms with Crippen LogP contribution >= 0.6 is 0 Å². The quantitative estimate of drug-likeness (QED) is 0.862. The van der Waals surface area contributed by atoms with E-state index < -0.39 is 0 Å². The van der Waals surface area contributed by atoms with E-state index in [1.807, 2.05) is 0 Å². The lowest BCUT2D eigenvalue weighted by Gasteiger charge is -2.36. The highest BCUT2D eigenvalue weighted by molar-refractivity contribution is 5.26. The molecule has 21 heavy (non-hydrogen) atoms. The predicted molar refractivity (Wildman–Crippen MR) is 89.6 cm³/mol. The Morgan fingerprint density at radius 1 is 1.19 bits per heavy atom. The fourth-order valence-electron chi connectivity index (χ4n) is 3.80. The summed E-state index contributed by atoms with van der Waals surface area (Å²) in [5.74, 6) is 0.844. The maximum Gasteiger partial charge on any atom is 0.0177 e. The van der Waals surface area contributed by atoms with E-state index in [0.29, 0.717) is 0 Å². The lowest BCUT2D eigenvalue weighted by atomic mass is 9.81. The van der Waals surface area contributed by atoms with Crippen molar-refractivity contribution in [2.75, 3.05) is 19.6 Å². The van der Waals surface area contributed by atoms with E-state index in [1.165, 1.54) is 37.9 Å². The van der Waals surface area contributed by atoms with Crippen LogP contribution in [0.15, 0.2) is 30.3 Å². The minimum atomic E-state index is 0.210. The molecule has 1 N–H and O–H groups in total. The van der Waals surface area contributed by atoms with Crippen molar-refractivity contribution in [3.63, 3.8) is 0 Å². The van der Waals surface area contributed by atoms with Gasteiger partial charge in [-0.3, -0.25) is 4.90 Å². The molecule has 3 rings (SSSR count). The Morgan fingerprint density at radius 2 is 1.90 bits per heavy atom. The Balaban J connectivity index is 1.74. The van der Waals surface area contributed by atoms with E-state index in [4.69, 9.17) is 0 Å². The van der Waals surface area contributed by atoms with Gasteiger partial charge in [0, 0.05) is 37.1 Å². The third-order valence-corrected chi connectivity index (χ3v) is 5.29. The van der Waals surface area contributed by atoms with Gasteiger partial charge < -0.3 is 5.32 Å². The molecule has 1 aliphatic carbocycles. The molecule has 1 aromatic carbocycles. The molecular weight excluding hydrogens is 256 g/mol. The Bertz CT molecular complexity index is 454. The van der Waals surface area contributed by atoms with Crippen LogP contribution in [0.25, 0.3) is 0 Å². The number of benzene rings is 1. The minimum Gasteiger partial charge on any atom is -0.313 e. The van der Waals surface area contributed by atoms with E-state index in [9.17, 15) is 0 Å². The number of rotatable bonds is 6. The van der Waals surface area contributed by atoms with Crippen molar-refractivity contribution in [1.29, 1.82) is 0 Å². The average molecular weight is 286 g/mol. The second kappa shape index (κ2) is 6.10. The van der Waals surface area contributed by atoms with Crippen molar-refractivity contribution in [2.24, 2.45) is 5.92 Å². The van der Waals surface area contributed by atoms with Crippen molar-refractivity contribution in [3.05, 3.63) is 35.9 Å². The SMILES string of the molecule is CC1CC(C)N(CC(C)(CNC2CC2)c2ccccc2)C1. The molecule has 0 aromatic heterocycles. The van der Waals surface area contributed by atoms with E-state index in [0.717, 1.165) is 24.5 Å². The smallest absolute Gasteiger partial charge is 0.0177 e. The predicted octanol–water partition coefficient (Wildman–Crippen LogP) is 3.43. The van der Waals surface area contributed by atoms with Gasteiger partial charge >= 0.3 is 0 Å². The summed E-state index contributed by atoms with van der Waals surface area (Å²) in [6.07, 6.45) is 4.07. The van der Waals surface area contributed by atoms with E-state index in [-0.39, 0.29) is 5.41 Å². The van der Waals surface area contributed by atoms with Crippen LogP contribution in [0, 0.1) is 5.92 Å². The largest absolute Gasteiger partial charge is 0.313 e. The zero-order valence-corrected chi connectivity index (χ0v) is 13.8. The van der Waals surface area contributed by atoms with Gasteiger partial charge in [-0.15, -0.1) is 0 Å². The lowest BCUT2D eigenvalue weighted by molar-refractivity contribution is 0.202. The second-order valence-corrected chi connectivity index (χ2v) is 7.70. The van der Waals surface area contributed by atoms with Gasteiger partial charge in [0.1, 0.15) is 0 Å². The Kier molecular flexibility index (Phi) is 4.37. The van der Waals surface area contributed by atoms with Gasteiger partial charge in [0.2, 0.25) is 0 Å². The summed E-state index contributed by atoms with van der Waals surface area (Å²) in [6, 6.07) is 12.6. The van der Waals surface area contributed by atoms with Crippen LogP contribution in [0.5, 0.6) is 0 Å². The molecule has 2 nitrogen and oxygen atoms in total. The highest BCUT2D eigenvalue weighted by Gasteiger charge is 2.35. The summed E-state index contributed by atoms with van der Waals surface area (Å²) in [5, 5.41) is 3.77. The fraction of sp³-hybridized carbons (Fsp3) is 0.684. The molecule has 0 radical (unpaired) electrons. The van der Waals surface area contributed by atoms with Crippen molar-refractivity contribution in [2.45, 2.75) is 57.5 Å². The monoisotopic (exact) mass is 286 g/mol. The number of nitrogens with zero attached hydrogens (tertiary/aromatic N) is 1. The van der Waals surface area contributed by atoms with Crippen LogP contribution in [0.3, 0.4) is 0 Å². The number of hydrogen-bond donors (Lipinski definition) is 1. The minimum absolute atomic E-state index is 0.210. The van der Waals surface area contributed by atoms with Gasteiger partial charge in [-0.1, -0.05) is 44.2 Å². The third kappa shape index (κ3) is 3.67. The zero-order valence-electron chi connectivity index (χ0n) is 13.8. The van der Waals surface area contributed by atoms with Crippen molar-refractivity contribution in [1.82, 2.24) is 10.2 Å². The van der Waals surface area contributed by atoms with Crippen LogP contribution in [0.4, 0.5) is 0 Å². The molecule has 1 aliphatic heterocycles. The number of nitrogens with one attached hydrogen (secondary N) is 1. The maximum atomic E-state index is 3.77. The molecule has 0 spiro atoms. The maximum absolute atomic E-state index is 3.77. The Labute approximate surface area is 129 Å². The molecule has 3 unspecified atom stereocenters. The summed E-state index contributed by atoms with van der Waals surface area (Å²) in [5.41, 5.74) is 1.69. The molecule has 2 fully saturated rings. The summed E-state index contributed by atoms with van der Waals surface area (Å²) in [6.45, 7) is 10.7. The molecule has 1 heterocycles. The number of likely N-dealkylation sites (tertiary alicyclic amines) is 1. The summed E-state index contributed by atoms with van der Waals surface area (Å²) < 4.78 is 0. The van der Waals surface area contributed by atoms with Crippen molar-refractivity contribution in [3.8, 4) is 0 Å². The molecule has 2 heteroatoms. The van der Waals surface area contributed by atoms with E-state index in [1.54, 1.807) is 0 Å². The van der Waals surface area contributed by atoms with Crippen LogP contribution in [-0.2, 0) is 5.41 Å². The van der Waals surface area contributed by atoms with Gasteiger partial charge in [-0.2, -0.15) is 0 Å². The summed E-state index contributed by atoms with van der Waals surface area (Å²) in [4.78, 5) is 2.70. The number of hydrogen-bond acceptors (Lipinski definition) is 2. The summed E-state index contributed by atoms with van der Waals surface area (Å²) in [7, 11) is 0. The molecule has 116 valence electrons. The fourth-order valence-corrected chi connectivity index (χ4v) is 3.80. The lowest BCUT2D eigenvalue weighted by Crippen LogP contribution is -2.47. The van der Waals surface area contributed by atoms with Crippen LogP contribution in [0.2, 0.25) is 0 Å². The Hall–Kier alpha value is -0.860. The van der Waals surface area contributed by atoms with Gasteiger partial charge in [-0.25, -0.2) is 0 Å². The van der Waals surface area contributed by atoms with Gasteiger partial charge in [-0.05, 0) is 37.7 Å². The van der Waals surface area contributed by atoms with Crippen LogP contribution < -0.4 is 5.32 Å². The van der Waals surface area contributed by atoms with E-state index >= 15 is 0 Å². The normalized spacial score (nSPS) is 29.5. The standard InChI is InChI=1S/C19H30N2/c1-15-11-16(2)21(12-15)14-19(3,13-20-18-9-10-18)17-7-5-4-6-8-17/h4-8,15-16,18,20H,9-14H2,1-3H3. The molecular formula is C19H30N2. The first-order valence-corrected chi connectivity index (χ1v) is 8.60. The first kappa shape index (κ1) is 15.1. The first-order chi connectivity index (χ1) is 10.1. The molecule has 0 bridgehead atoms. The average Bonchev–Trinajstić information content (AvgIpc) is 3.24. The molecule has 1 aromatic rings. The van der Waals surface area contributed by atoms with Crippen molar-refractivity contribution < 1.29 is 0 Å². The molecule has 2 aliphatic rings. The highest BCUT2D eigenvalue weighted by Crippen LogP contribution is 2.31. The van der Waals surface area contributed by atoms with Gasteiger partial charge in [0.25, 0.3) is 0 Å². The summed E-state index contributed by atoms with van der Waals surface area (Å²) >= 11 is 0. The zero-order chi connectivity index (χ0) is 14.9.